The number of rotatable bonds is 3. The van der Waals surface area contributed by atoms with Crippen LogP contribution in [0, 0.1) is 5.92 Å². The molecule has 1 nitrogen and oxygen atoms in total. The van der Waals surface area contributed by atoms with Gasteiger partial charge in [0.2, 0.25) is 0 Å². The molecule has 0 aromatic carbocycles. The minimum Gasteiger partial charge on any atom is -0.308 e. The van der Waals surface area contributed by atoms with Gasteiger partial charge < -0.3 is 5.32 Å². The highest BCUT2D eigenvalue weighted by molar-refractivity contribution is 6.21. The summed E-state index contributed by atoms with van der Waals surface area (Å²) in [6.45, 7) is -0.459. The Morgan fingerprint density at radius 2 is 1.92 bits per heavy atom. The fourth-order valence-electron chi connectivity index (χ4n) is 1.24. The monoisotopic (exact) mass is 201 g/mol. The zero-order chi connectivity index (χ0) is 9.19. The van der Waals surface area contributed by atoms with Crippen molar-refractivity contribution in [3.05, 3.63) is 0 Å². The van der Waals surface area contributed by atoms with Crippen LogP contribution < -0.4 is 5.32 Å². The van der Waals surface area contributed by atoms with Crippen LogP contribution in [0.2, 0.25) is 0 Å². The molecule has 0 spiro atoms. The Hall–Kier alpha value is 0.0400. The van der Waals surface area contributed by atoms with Gasteiger partial charge in [-0.15, -0.1) is 11.6 Å². The molecule has 1 rings (SSSR count). The van der Waals surface area contributed by atoms with Gasteiger partial charge >= 0.3 is 6.18 Å². The van der Waals surface area contributed by atoms with Gasteiger partial charge in [0, 0.05) is 5.38 Å². The predicted octanol–water partition coefficient (Wildman–Crippen LogP) is 2.16. The molecule has 1 aliphatic rings. The summed E-state index contributed by atoms with van der Waals surface area (Å²) < 4.78 is 34.8. The van der Waals surface area contributed by atoms with E-state index >= 15 is 0 Å². The highest BCUT2D eigenvalue weighted by Crippen LogP contribution is 2.31. The number of nitrogens with one attached hydrogen (secondary N) is 1. The maximum Gasteiger partial charge on any atom is 0.401 e. The summed E-state index contributed by atoms with van der Waals surface area (Å²) in [4.78, 5) is 0. The number of hydrogen-bond donors (Lipinski definition) is 1. The van der Waals surface area contributed by atoms with Crippen LogP contribution in [0.1, 0.15) is 12.8 Å². The van der Waals surface area contributed by atoms with Crippen LogP contribution in [0.3, 0.4) is 0 Å². The molecule has 0 aromatic rings. The van der Waals surface area contributed by atoms with Gasteiger partial charge in [-0.05, 0) is 25.3 Å². The molecule has 1 N–H and O–H groups in total. The summed E-state index contributed by atoms with van der Waals surface area (Å²) in [6, 6.07) is 0. The minimum atomic E-state index is -4.09. The predicted molar refractivity (Wildman–Crippen MR) is 41.3 cm³/mol. The van der Waals surface area contributed by atoms with Crippen molar-refractivity contribution in [3.8, 4) is 0 Å². The average molecular weight is 202 g/mol. The number of halogens is 4. The van der Waals surface area contributed by atoms with Crippen LogP contribution in [0.25, 0.3) is 0 Å². The van der Waals surface area contributed by atoms with Crippen LogP contribution >= 0.6 is 11.6 Å². The van der Waals surface area contributed by atoms with Gasteiger partial charge in [0.1, 0.15) is 0 Å². The second-order valence-electron chi connectivity index (χ2n) is 3.18. The maximum absolute atomic E-state index is 11.6. The molecule has 0 atom stereocenters. The Kier molecular flexibility index (Phi) is 3.23. The Bertz CT molecular complexity index is 142. The van der Waals surface area contributed by atoms with E-state index in [9.17, 15) is 13.2 Å². The lowest BCUT2D eigenvalue weighted by atomic mass is 9.85. The van der Waals surface area contributed by atoms with E-state index in [2.05, 4.69) is 5.32 Å². The first-order valence-corrected chi connectivity index (χ1v) is 4.32. The standard InChI is InChI=1S/C7H11ClF3N/c8-6-1-5(2-6)3-12-4-7(9,10)11/h5-6,12H,1-4H2. The summed E-state index contributed by atoms with van der Waals surface area (Å²) >= 11 is 5.66. The third-order valence-electron chi connectivity index (χ3n) is 1.94. The van der Waals surface area contributed by atoms with Crippen molar-refractivity contribution in [2.45, 2.75) is 24.4 Å². The maximum atomic E-state index is 11.6. The van der Waals surface area contributed by atoms with E-state index in [0.717, 1.165) is 12.8 Å². The van der Waals surface area contributed by atoms with Crippen molar-refractivity contribution in [2.75, 3.05) is 13.1 Å². The average Bonchev–Trinajstić information content (AvgIpc) is 1.81. The van der Waals surface area contributed by atoms with Crippen molar-refractivity contribution in [1.82, 2.24) is 5.32 Å². The second-order valence-corrected chi connectivity index (χ2v) is 3.80. The fourth-order valence-corrected chi connectivity index (χ4v) is 1.74. The van der Waals surface area contributed by atoms with Gasteiger partial charge in [-0.2, -0.15) is 13.2 Å². The molecular formula is C7H11ClF3N. The lowest BCUT2D eigenvalue weighted by Crippen LogP contribution is -2.37. The van der Waals surface area contributed by atoms with Crippen molar-refractivity contribution in [1.29, 1.82) is 0 Å². The van der Waals surface area contributed by atoms with E-state index in [1.807, 2.05) is 0 Å². The minimum absolute atomic E-state index is 0.183. The van der Waals surface area contributed by atoms with Crippen LogP contribution in [-0.2, 0) is 0 Å². The van der Waals surface area contributed by atoms with E-state index in [1.165, 1.54) is 0 Å². The lowest BCUT2D eigenvalue weighted by molar-refractivity contribution is -0.125. The third kappa shape index (κ3) is 3.63. The zero-order valence-electron chi connectivity index (χ0n) is 6.49. The molecule has 0 bridgehead atoms. The molecule has 0 heterocycles. The Balaban J connectivity index is 1.97. The SMILES string of the molecule is FC(F)(F)CNCC1CC(Cl)C1. The first-order chi connectivity index (χ1) is 5.47. The van der Waals surface area contributed by atoms with Crippen molar-refractivity contribution < 1.29 is 13.2 Å². The van der Waals surface area contributed by atoms with Gasteiger partial charge in [0.25, 0.3) is 0 Å². The van der Waals surface area contributed by atoms with Gasteiger partial charge in [-0.25, -0.2) is 0 Å². The Morgan fingerprint density at radius 1 is 1.33 bits per heavy atom. The van der Waals surface area contributed by atoms with E-state index in [0.29, 0.717) is 12.5 Å². The van der Waals surface area contributed by atoms with Crippen molar-refractivity contribution in [3.63, 3.8) is 0 Å². The third-order valence-corrected chi connectivity index (χ3v) is 2.29. The summed E-state index contributed by atoms with van der Waals surface area (Å²) in [7, 11) is 0. The van der Waals surface area contributed by atoms with Crippen molar-refractivity contribution >= 4 is 11.6 Å². The van der Waals surface area contributed by atoms with E-state index < -0.39 is 12.7 Å². The summed E-state index contributed by atoms with van der Waals surface area (Å²) in [6.07, 6.45) is -2.41. The highest BCUT2D eigenvalue weighted by Gasteiger charge is 2.30. The first kappa shape index (κ1) is 10.1. The summed E-state index contributed by atoms with van der Waals surface area (Å²) in [5.74, 6) is 0.342. The topological polar surface area (TPSA) is 12.0 Å². The molecule has 5 heteroatoms. The molecule has 12 heavy (non-hydrogen) atoms. The molecule has 1 aliphatic carbocycles. The molecule has 0 aliphatic heterocycles. The van der Waals surface area contributed by atoms with Gasteiger partial charge in [0.15, 0.2) is 0 Å². The van der Waals surface area contributed by atoms with E-state index in [4.69, 9.17) is 11.6 Å². The quantitative estimate of drug-likeness (QED) is 0.690. The molecule has 0 unspecified atom stereocenters. The smallest absolute Gasteiger partial charge is 0.308 e. The van der Waals surface area contributed by atoms with Crippen LogP contribution in [0.5, 0.6) is 0 Å². The summed E-state index contributed by atoms with van der Waals surface area (Å²) in [5.41, 5.74) is 0. The van der Waals surface area contributed by atoms with Gasteiger partial charge in [-0.1, -0.05) is 0 Å². The van der Waals surface area contributed by atoms with Gasteiger partial charge in [-0.3, -0.25) is 0 Å². The highest BCUT2D eigenvalue weighted by atomic mass is 35.5. The largest absolute Gasteiger partial charge is 0.401 e. The Morgan fingerprint density at radius 3 is 2.33 bits per heavy atom. The number of hydrogen-bond acceptors (Lipinski definition) is 1. The molecule has 0 radical (unpaired) electrons. The first-order valence-electron chi connectivity index (χ1n) is 3.89. The van der Waals surface area contributed by atoms with E-state index in [-0.39, 0.29) is 5.38 Å². The molecule has 72 valence electrons. The lowest BCUT2D eigenvalue weighted by Gasteiger charge is -2.31. The number of alkyl halides is 4. The normalized spacial score (nSPS) is 30.0. The molecule has 0 aromatic heterocycles. The fraction of sp³-hybridized carbons (Fsp3) is 1.00. The van der Waals surface area contributed by atoms with Gasteiger partial charge in [0.05, 0.1) is 6.54 Å². The molecule has 0 amide bonds. The second kappa shape index (κ2) is 3.83. The van der Waals surface area contributed by atoms with Crippen LogP contribution in [0.4, 0.5) is 13.2 Å². The van der Waals surface area contributed by atoms with Crippen molar-refractivity contribution in [2.24, 2.45) is 5.92 Å². The van der Waals surface area contributed by atoms with E-state index in [1.54, 1.807) is 0 Å². The Labute approximate surface area is 74.3 Å². The molecule has 1 saturated carbocycles. The molecular weight excluding hydrogens is 191 g/mol. The van der Waals surface area contributed by atoms with Crippen LogP contribution in [-0.4, -0.2) is 24.6 Å². The summed E-state index contributed by atoms with van der Waals surface area (Å²) in [5, 5.41) is 2.55. The molecule has 0 saturated heterocycles. The molecule has 1 fully saturated rings. The van der Waals surface area contributed by atoms with Crippen LogP contribution in [0.15, 0.2) is 0 Å². The zero-order valence-corrected chi connectivity index (χ0v) is 7.25.